The Labute approximate surface area is 128 Å². The number of allylic oxidation sites excluding steroid dienone is 1. The van der Waals surface area contributed by atoms with E-state index in [2.05, 4.69) is 15.6 Å². The average Bonchev–Trinajstić information content (AvgIpc) is 2.96. The minimum atomic E-state index is -4.20. The Kier molecular flexibility index (Phi) is 3.88. The van der Waals surface area contributed by atoms with Crippen molar-refractivity contribution in [3.8, 4) is 0 Å². The zero-order valence-corrected chi connectivity index (χ0v) is 12.6. The number of hydrogen-bond acceptors (Lipinski definition) is 6. The lowest BCUT2D eigenvalue weighted by Crippen LogP contribution is -2.40. The summed E-state index contributed by atoms with van der Waals surface area (Å²) in [5.41, 5.74) is 1.37. The number of aldehydes is 1. The van der Waals surface area contributed by atoms with E-state index in [1.54, 1.807) is 12.4 Å². The lowest BCUT2D eigenvalue weighted by atomic mass is 9.75. The summed E-state index contributed by atoms with van der Waals surface area (Å²) in [6.07, 6.45) is 6.35. The fourth-order valence-corrected chi connectivity index (χ4v) is 3.66. The van der Waals surface area contributed by atoms with Crippen molar-refractivity contribution in [2.45, 2.75) is 30.7 Å². The van der Waals surface area contributed by atoms with Crippen molar-refractivity contribution in [1.82, 2.24) is 15.6 Å². The summed E-state index contributed by atoms with van der Waals surface area (Å²) >= 11 is 0. The smallest absolute Gasteiger partial charge is 0.305 e. The van der Waals surface area contributed by atoms with Crippen molar-refractivity contribution in [1.29, 1.82) is 0 Å². The number of rotatable bonds is 4. The highest BCUT2D eigenvalue weighted by Gasteiger charge is 2.33. The normalized spacial score (nSPS) is 27.3. The summed E-state index contributed by atoms with van der Waals surface area (Å²) in [5.74, 6) is -0.167. The van der Waals surface area contributed by atoms with Gasteiger partial charge in [-0.25, -0.2) is 0 Å². The molecule has 0 bridgehead atoms. The highest BCUT2D eigenvalue weighted by atomic mass is 32.2. The van der Waals surface area contributed by atoms with Crippen LogP contribution in [0.25, 0.3) is 0 Å². The van der Waals surface area contributed by atoms with Gasteiger partial charge >= 0.3 is 10.1 Å². The maximum atomic E-state index is 11.5. The van der Waals surface area contributed by atoms with E-state index in [-0.39, 0.29) is 11.8 Å². The SMILES string of the molecule is O=CC1c2cccnc2CCC1CC1=CNC(S(=O)(=O)O)N1. The van der Waals surface area contributed by atoms with Crippen LogP contribution in [0.2, 0.25) is 0 Å². The second-order valence-electron chi connectivity index (χ2n) is 5.58. The first kappa shape index (κ1) is 15.0. The molecule has 1 aliphatic carbocycles. The highest BCUT2D eigenvalue weighted by molar-refractivity contribution is 7.86. The topological polar surface area (TPSA) is 108 Å². The van der Waals surface area contributed by atoms with Crippen molar-refractivity contribution in [3.63, 3.8) is 0 Å². The maximum absolute atomic E-state index is 11.5. The third-order valence-corrected chi connectivity index (χ3v) is 5.05. The van der Waals surface area contributed by atoms with E-state index in [0.29, 0.717) is 12.1 Å². The molecule has 0 spiro atoms. The van der Waals surface area contributed by atoms with Gasteiger partial charge < -0.3 is 15.4 Å². The van der Waals surface area contributed by atoms with Crippen LogP contribution in [0, 0.1) is 5.92 Å². The predicted octanol–water partition coefficient (Wildman–Crippen LogP) is 0.522. The molecule has 3 N–H and O–H groups in total. The van der Waals surface area contributed by atoms with Gasteiger partial charge in [-0.15, -0.1) is 0 Å². The predicted molar refractivity (Wildman–Crippen MR) is 79.2 cm³/mol. The molecular formula is C14H17N3O4S. The fraction of sp³-hybridized carbons (Fsp3) is 0.429. The van der Waals surface area contributed by atoms with Crippen molar-refractivity contribution in [2.24, 2.45) is 5.92 Å². The van der Waals surface area contributed by atoms with Crippen LogP contribution in [-0.2, 0) is 21.3 Å². The Morgan fingerprint density at radius 2 is 2.27 bits per heavy atom. The molecule has 3 atom stereocenters. The largest absolute Gasteiger partial charge is 0.355 e. The van der Waals surface area contributed by atoms with Crippen LogP contribution in [0.15, 0.2) is 30.2 Å². The van der Waals surface area contributed by atoms with Crippen LogP contribution >= 0.6 is 0 Å². The molecule has 1 aliphatic heterocycles. The van der Waals surface area contributed by atoms with Crippen LogP contribution in [0.5, 0.6) is 0 Å². The van der Waals surface area contributed by atoms with Crippen LogP contribution in [-0.4, -0.2) is 29.7 Å². The van der Waals surface area contributed by atoms with Crippen LogP contribution in [0.3, 0.4) is 0 Å². The van der Waals surface area contributed by atoms with Crippen LogP contribution in [0.1, 0.15) is 30.0 Å². The number of hydrogen-bond donors (Lipinski definition) is 3. The molecule has 0 saturated carbocycles. The molecule has 7 nitrogen and oxygen atoms in total. The van der Waals surface area contributed by atoms with Crippen molar-refractivity contribution in [3.05, 3.63) is 41.5 Å². The van der Waals surface area contributed by atoms with E-state index in [9.17, 15) is 13.2 Å². The van der Waals surface area contributed by atoms with E-state index >= 15 is 0 Å². The van der Waals surface area contributed by atoms with Gasteiger partial charge in [0.25, 0.3) is 0 Å². The summed E-state index contributed by atoms with van der Waals surface area (Å²) < 4.78 is 31.2. The minimum absolute atomic E-state index is 0.0786. The summed E-state index contributed by atoms with van der Waals surface area (Å²) in [7, 11) is -4.20. The maximum Gasteiger partial charge on any atom is 0.305 e. The van der Waals surface area contributed by atoms with Gasteiger partial charge in [0.15, 0.2) is 0 Å². The molecule has 0 fully saturated rings. The molecule has 2 heterocycles. The highest BCUT2D eigenvalue weighted by Crippen LogP contribution is 2.37. The summed E-state index contributed by atoms with van der Waals surface area (Å²) in [6.45, 7) is 0. The van der Waals surface area contributed by atoms with Crippen molar-refractivity contribution >= 4 is 16.4 Å². The molecule has 3 unspecified atom stereocenters. The lowest BCUT2D eigenvalue weighted by Gasteiger charge is -2.29. The number of aryl methyl sites for hydroxylation is 1. The van der Waals surface area contributed by atoms with Gasteiger partial charge in [0.2, 0.25) is 5.50 Å². The Morgan fingerprint density at radius 3 is 2.95 bits per heavy atom. The number of nitrogens with one attached hydrogen (secondary N) is 2. The third-order valence-electron chi connectivity index (χ3n) is 4.20. The van der Waals surface area contributed by atoms with E-state index in [4.69, 9.17) is 4.55 Å². The van der Waals surface area contributed by atoms with E-state index in [1.165, 1.54) is 0 Å². The van der Waals surface area contributed by atoms with Gasteiger partial charge in [-0.2, -0.15) is 8.42 Å². The molecule has 22 heavy (non-hydrogen) atoms. The first-order valence-electron chi connectivity index (χ1n) is 7.06. The second-order valence-corrected chi connectivity index (χ2v) is 7.08. The number of pyridine rings is 1. The van der Waals surface area contributed by atoms with Gasteiger partial charge in [0.05, 0.1) is 0 Å². The van der Waals surface area contributed by atoms with E-state index in [0.717, 1.165) is 30.4 Å². The zero-order valence-electron chi connectivity index (χ0n) is 11.8. The van der Waals surface area contributed by atoms with Crippen molar-refractivity contribution in [2.75, 3.05) is 0 Å². The number of aromatic nitrogens is 1. The summed E-state index contributed by atoms with van der Waals surface area (Å²) in [6, 6.07) is 3.74. The fourth-order valence-electron chi connectivity index (χ4n) is 3.12. The number of carbonyl (C=O) groups excluding carboxylic acids is 1. The van der Waals surface area contributed by atoms with Crippen LogP contribution in [0.4, 0.5) is 0 Å². The molecule has 0 amide bonds. The molecular weight excluding hydrogens is 306 g/mol. The first-order valence-corrected chi connectivity index (χ1v) is 8.56. The Hall–Kier alpha value is -1.93. The summed E-state index contributed by atoms with van der Waals surface area (Å²) in [4.78, 5) is 15.8. The Morgan fingerprint density at radius 1 is 1.45 bits per heavy atom. The lowest BCUT2D eigenvalue weighted by molar-refractivity contribution is -0.110. The Balaban J connectivity index is 1.73. The molecule has 0 aromatic carbocycles. The van der Waals surface area contributed by atoms with Gasteiger partial charge in [0, 0.05) is 29.7 Å². The van der Waals surface area contributed by atoms with Gasteiger partial charge in [0.1, 0.15) is 6.29 Å². The molecule has 0 radical (unpaired) electrons. The third kappa shape index (κ3) is 2.84. The molecule has 118 valence electrons. The van der Waals surface area contributed by atoms with Gasteiger partial charge in [-0.1, -0.05) is 6.07 Å². The average molecular weight is 323 g/mol. The van der Waals surface area contributed by atoms with E-state index < -0.39 is 15.6 Å². The molecule has 1 aromatic rings. The standard InChI is InChI=1S/C14H17N3O4S/c18-8-12-9(3-4-13-11(12)2-1-5-15-13)6-10-7-16-14(17-10)22(19,20)21/h1-2,5,7-9,12,14,16-17H,3-4,6H2,(H,19,20,21). The molecule has 8 heteroatoms. The number of carbonyl (C=O) groups is 1. The number of fused-ring (bicyclic) bond motifs is 1. The quantitative estimate of drug-likeness (QED) is 0.547. The van der Waals surface area contributed by atoms with E-state index in [1.807, 2.05) is 12.1 Å². The first-order chi connectivity index (χ1) is 10.5. The van der Waals surface area contributed by atoms with Crippen molar-refractivity contribution < 1.29 is 17.8 Å². The van der Waals surface area contributed by atoms with Gasteiger partial charge in [-0.05, 0) is 36.8 Å². The monoisotopic (exact) mass is 323 g/mol. The number of nitrogens with zero attached hydrogens (tertiary/aromatic N) is 1. The zero-order chi connectivity index (χ0) is 15.7. The van der Waals surface area contributed by atoms with Crippen LogP contribution < -0.4 is 10.6 Å². The second kappa shape index (κ2) is 5.69. The molecule has 2 aliphatic rings. The molecule has 1 aromatic heterocycles. The van der Waals surface area contributed by atoms with Gasteiger partial charge in [-0.3, -0.25) is 9.54 Å². The molecule has 3 rings (SSSR count). The summed E-state index contributed by atoms with van der Waals surface area (Å²) in [5, 5.41) is 5.30. The minimum Gasteiger partial charge on any atom is -0.355 e. The molecule has 0 saturated heterocycles. The Bertz CT molecular complexity index is 717.